The molecule has 2 aromatic rings. The maximum atomic E-state index is 14.0. The van der Waals surface area contributed by atoms with Crippen molar-refractivity contribution >= 4 is 29.3 Å². The number of carbonyl (C=O) groups excluding carboxylic acids is 3. The summed E-state index contributed by atoms with van der Waals surface area (Å²) in [5, 5.41) is 3.76. The van der Waals surface area contributed by atoms with Gasteiger partial charge in [-0.2, -0.15) is 0 Å². The number of ether oxygens (including phenoxy) is 2. The van der Waals surface area contributed by atoms with Crippen LogP contribution in [0.25, 0.3) is 0 Å². The lowest BCUT2D eigenvalue weighted by Crippen LogP contribution is -2.49. The molecule has 2 saturated heterocycles. The maximum absolute atomic E-state index is 14.0. The van der Waals surface area contributed by atoms with Crippen molar-refractivity contribution in [3.05, 3.63) is 58.7 Å². The van der Waals surface area contributed by atoms with Crippen LogP contribution in [0.5, 0.6) is 5.88 Å². The molecule has 0 spiro atoms. The molecule has 244 valence electrons. The number of halogens is 1. The molecule has 1 aromatic heterocycles. The van der Waals surface area contributed by atoms with Crippen molar-refractivity contribution in [2.75, 3.05) is 52.5 Å². The van der Waals surface area contributed by atoms with Crippen LogP contribution in [0.1, 0.15) is 62.5 Å². The largest absolute Gasteiger partial charge is 0.475 e. The Morgan fingerprint density at radius 2 is 1.80 bits per heavy atom. The summed E-state index contributed by atoms with van der Waals surface area (Å²) in [5.74, 6) is 0.563. The highest BCUT2D eigenvalue weighted by Gasteiger charge is 2.40. The zero-order valence-corrected chi connectivity index (χ0v) is 27.4. The van der Waals surface area contributed by atoms with E-state index in [0.717, 1.165) is 18.4 Å². The van der Waals surface area contributed by atoms with E-state index in [1.807, 2.05) is 34.1 Å². The second kappa shape index (κ2) is 14.9. The van der Waals surface area contributed by atoms with Crippen LogP contribution in [0, 0.1) is 11.3 Å². The summed E-state index contributed by atoms with van der Waals surface area (Å²) in [6.45, 7) is 10.8. The summed E-state index contributed by atoms with van der Waals surface area (Å²) in [5.41, 5.74) is 1.16. The number of piperidine rings is 1. The molecule has 6 bridgehead atoms. The first-order chi connectivity index (χ1) is 21.5. The smallest absolute Gasteiger partial charge is 0.270 e. The molecule has 0 aliphatic carbocycles. The number of benzene rings is 1. The van der Waals surface area contributed by atoms with Gasteiger partial charge in [0, 0.05) is 62.8 Å². The number of nitrogens with zero attached hydrogens (tertiary/aromatic N) is 4. The summed E-state index contributed by atoms with van der Waals surface area (Å²) in [4.78, 5) is 51.1. The number of nitrogens with one attached hydrogen (secondary N) is 1. The average Bonchev–Trinajstić information content (AvgIpc) is 3.38. The summed E-state index contributed by atoms with van der Waals surface area (Å²) in [7, 11) is 0. The quantitative estimate of drug-likeness (QED) is 0.506. The van der Waals surface area contributed by atoms with E-state index in [9.17, 15) is 14.4 Å². The van der Waals surface area contributed by atoms with E-state index in [1.165, 1.54) is 0 Å². The Kier molecular flexibility index (Phi) is 11.0. The molecule has 10 nitrogen and oxygen atoms in total. The molecule has 0 unspecified atom stereocenters. The minimum Gasteiger partial charge on any atom is -0.475 e. The van der Waals surface area contributed by atoms with Gasteiger partial charge in [0.05, 0.1) is 19.3 Å². The molecule has 2 atom stereocenters. The summed E-state index contributed by atoms with van der Waals surface area (Å²) in [6, 6.07) is 12.2. The fourth-order valence-corrected chi connectivity index (χ4v) is 6.63. The third-order valence-electron chi connectivity index (χ3n) is 8.68. The van der Waals surface area contributed by atoms with Crippen molar-refractivity contribution in [2.45, 2.75) is 65.1 Å². The Labute approximate surface area is 271 Å². The van der Waals surface area contributed by atoms with Crippen molar-refractivity contribution in [3.63, 3.8) is 0 Å². The van der Waals surface area contributed by atoms with Crippen molar-refractivity contribution < 1.29 is 23.9 Å². The molecule has 2 fully saturated rings. The predicted octanol–water partition coefficient (Wildman–Crippen LogP) is 4.02. The third-order valence-corrected chi connectivity index (χ3v) is 8.91. The van der Waals surface area contributed by atoms with Crippen molar-refractivity contribution in [2.24, 2.45) is 11.3 Å². The van der Waals surface area contributed by atoms with Gasteiger partial charge in [-0.1, -0.05) is 50.6 Å². The highest BCUT2D eigenvalue weighted by atomic mass is 35.5. The minimum atomic E-state index is -0.371. The SMILES string of the molecule is CC(C)(C)CC(=O)N1CCOCCOc2cccc(n2)C(=O)N[C@H]2C[C@@H](C(=O)N3CCC(CC3)C1)N(Cc1cccc(Cl)c1)C2. The second-order valence-electron chi connectivity index (χ2n) is 13.6. The number of pyridine rings is 1. The van der Waals surface area contributed by atoms with Crippen LogP contribution in [0.3, 0.4) is 0 Å². The average molecular weight is 640 g/mol. The zero-order valence-electron chi connectivity index (χ0n) is 26.7. The number of rotatable bonds is 3. The monoisotopic (exact) mass is 639 g/mol. The van der Waals surface area contributed by atoms with Gasteiger partial charge in [0.25, 0.3) is 5.91 Å². The standard InChI is InChI=1S/C34H46ClN5O5/c1-34(2,3)20-31(41)39-14-15-44-16-17-45-30-9-5-8-28(37-30)32(42)36-27-19-29(33(43)38-12-10-24(21-39)11-13-38)40(23-27)22-25-6-4-7-26(35)18-25/h4-9,18,24,27,29H,10-17,19-23H2,1-3H3,(H,36,42)/t27-,29-/m0/s1. The van der Waals surface area contributed by atoms with E-state index in [1.54, 1.807) is 18.2 Å². The summed E-state index contributed by atoms with van der Waals surface area (Å²) < 4.78 is 11.6. The zero-order chi connectivity index (χ0) is 32.0. The molecular weight excluding hydrogens is 594 g/mol. The van der Waals surface area contributed by atoms with Crippen LogP contribution in [-0.4, -0.2) is 102 Å². The number of aromatic nitrogens is 1. The van der Waals surface area contributed by atoms with Crippen LogP contribution in [-0.2, 0) is 20.9 Å². The molecule has 6 rings (SSSR count). The van der Waals surface area contributed by atoms with Gasteiger partial charge in [-0.05, 0) is 54.4 Å². The number of likely N-dealkylation sites (tertiary alicyclic amines) is 1. The fraction of sp³-hybridized carbons (Fsp3) is 0.588. The van der Waals surface area contributed by atoms with Gasteiger partial charge in [0.2, 0.25) is 17.7 Å². The van der Waals surface area contributed by atoms with Crippen molar-refractivity contribution in [1.82, 2.24) is 25.0 Å². The topological polar surface area (TPSA) is 104 Å². The van der Waals surface area contributed by atoms with Crippen LogP contribution in [0.4, 0.5) is 0 Å². The minimum absolute atomic E-state index is 0.0840. The van der Waals surface area contributed by atoms with Crippen LogP contribution < -0.4 is 10.1 Å². The number of carbonyl (C=O) groups is 3. The lowest BCUT2D eigenvalue weighted by molar-refractivity contribution is -0.139. The van der Waals surface area contributed by atoms with E-state index < -0.39 is 0 Å². The van der Waals surface area contributed by atoms with E-state index in [4.69, 9.17) is 21.1 Å². The molecular formula is C34H46ClN5O5. The van der Waals surface area contributed by atoms with E-state index in [2.05, 4.69) is 36.0 Å². The Morgan fingerprint density at radius 1 is 1.02 bits per heavy atom. The predicted molar refractivity (Wildman–Crippen MR) is 172 cm³/mol. The van der Waals surface area contributed by atoms with E-state index in [-0.39, 0.29) is 47.5 Å². The molecule has 11 heteroatoms. The molecule has 0 radical (unpaired) electrons. The normalized spacial score (nSPS) is 24.1. The summed E-state index contributed by atoms with van der Waals surface area (Å²) >= 11 is 6.28. The Balaban J connectivity index is 1.35. The first kappa shape index (κ1) is 33.2. The Bertz CT molecular complexity index is 1340. The van der Waals surface area contributed by atoms with Gasteiger partial charge in [-0.15, -0.1) is 0 Å². The van der Waals surface area contributed by atoms with Crippen LogP contribution in [0.2, 0.25) is 5.02 Å². The molecule has 5 heterocycles. The molecule has 4 aliphatic rings. The lowest BCUT2D eigenvalue weighted by Gasteiger charge is -2.37. The van der Waals surface area contributed by atoms with Gasteiger partial charge >= 0.3 is 0 Å². The number of amides is 3. The van der Waals surface area contributed by atoms with Crippen molar-refractivity contribution in [1.29, 1.82) is 0 Å². The number of hydrogen-bond donors (Lipinski definition) is 1. The fourth-order valence-electron chi connectivity index (χ4n) is 6.41. The first-order valence-electron chi connectivity index (χ1n) is 16.1. The van der Waals surface area contributed by atoms with Crippen LogP contribution in [0.15, 0.2) is 42.5 Å². The van der Waals surface area contributed by atoms with Crippen LogP contribution >= 0.6 is 11.6 Å². The highest BCUT2D eigenvalue weighted by molar-refractivity contribution is 6.30. The van der Waals surface area contributed by atoms with E-state index >= 15 is 0 Å². The van der Waals surface area contributed by atoms with Gasteiger partial charge in [-0.3, -0.25) is 19.3 Å². The molecule has 4 aliphatic heterocycles. The molecule has 0 saturated carbocycles. The first-order valence-corrected chi connectivity index (χ1v) is 16.5. The van der Waals surface area contributed by atoms with Gasteiger partial charge in [0.15, 0.2) is 0 Å². The maximum Gasteiger partial charge on any atom is 0.270 e. The molecule has 3 amide bonds. The lowest BCUT2D eigenvalue weighted by atomic mass is 9.90. The van der Waals surface area contributed by atoms with Gasteiger partial charge < -0.3 is 24.6 Å². The number of hydrogen-bond acceptors (Lipinski definition) is 7. The van der Waals surface area contributed by atoms with Crippen molar-refractivity contribution in [3.8, 4) is 5.88 Å². The van der Waals surface area contributed by atoms with E-state index in [0.29, 0.717) is 82.1 Å². The Morgan fingerprint density at radius 3 is 2.56 bits per heavy atom. The highest BCUT2D eigenvalue weighted by Crippen LogP contribution is 2.28. The third kappa shape index (κ3) is 9.40. The summed E-state index contributed by atoms with van der Waals surface area (Å²) in [6.07, 6.45) is 2.64. The number of fused-ring (bicyclic) bond motifs is 10. The Hall–Kier alpha value is -3.21. The second-order valence-corrected chi connectivity index (χ2v) is 14.1. The molecule has 45 heavy (non-hydrogen) atoms. The molecule has 1 N–H and O–H groups in total. The molecule has 1 aromatic carbocycles. The van der Waals surface area contributed by atoms with Gasteiger partial charge in [-0.25, -0.2) is 4.98 Å². The van der Waals surface area contributed by atoms with Gasteiger partial charge in [0.1, 0.15) is 12.3 Å².